The van der Waals surface area contributed by atoms with Crippen LogP contribution in [0, 0.1) is 13.8 Å². The number of hydrogen-bond donors (Lipinski definition) is 1. The number of hydrogen-bond acceptors (Lipinski definition) is 4. The third-order valence-electron chi connectivity index (χ3n) is 4.12. The molecule has 1 aliphatic heterocycles. The summed E-state index contributed by atoms with van der Waals surface area (Å²) in [5.41, 5.74) is 3.79. The topological polar surface area (TPSA) is 75.2 Å². The van der Waals surface area contributed by atoms with Crippen molar-refractivity contribution < 1.29 is 9.59 Å². The van der Waals surface area contributed by atoms with Crippen LogP contribution < -0.4 is 5.32 Å². The van der Waals surface area contributed by atoms with Crippen molar-refractivity contribution in [3.63, 3.8) is 0 Å². The number of fused-ring (bicyclic) bond motifs is 1. The third kappa shape index (κ3) is 3.27. The molecule has 6 heteroatoms. The zero-order valence-electron chi connectivity index (χ0n) is 14.0. The second-order valence-electron chi connectivity index (χ2n) is 6.31. The zero-order valence-corrected chi connectivity index (χ0v) is 14.0. The molecule has 0 unspecified atom stereocenters. The molecule has 2 heterocycles. The number of anilines is 1. The summed E-state index contributed by atoms with van der Waals surface area (Å²) >= 11 is 0. The van der Waals surface area contributed by atoms with E-state index in [1.54, 1.807) is 17.3 Å². The van der Waals surface area contributed by atoms with Crippen molar-refractivity contribution in [2.75, 3.05) is 18.4 Å². The van der Waals surface area contributed by atoms with E-state index in [0.717, 1.165) is 16.7 Å². The predicted molar refractivity (Wildman–Crippen MR) is 90.9 cm³/mol. The van der Waals surface area contributed by atoms with Crippen molar-refractivity contribution in [3.8, 4) is 0 Å². The molecule has 1 atom stereocenters. The molecule has 1 N–H and O–H groups in total. The minimum absolute atomic E-state index is 0.00622. The molecular formula is C18H20N4O2. The Morgan fingerprint density at radius 1 is 1.25 bits per heavy atom. The van der Waals surface area contributed by atoms with Crippen LogP contribution in [0.1, 0.15) is 39.9 Å². The van der Waals surface area contributed by atoms with Crippen LogP contribution in [-0.4, -0.2) is 39.8 Å². The zero-order chi connectivity index (χ0) is 17.3. The molecular weight excluding hydrogens is 304 g/mol. The third-order valence-corrected chi connectivity index (χ3v) is 4.12. The number of aromatic nitrogens is 2. The highest BCUT2D eigenvalue weighted by Gasteiger charge is 2.30. The number of aryl methyl sites for hydroxylation is 2. The molecule has 1 aromatic heterocycles. The second kappa shape index (κ2) is 6.39. The lowest BCUT2D eigenvalue weighted by Crippen LogP contribution is -2.43. The van der Waals surface area contributed by atoms with E-state index < -0.39 is 0 Å². The van der Waals surface area contributed by atoms with Crippen molar-refractivity contribution in [3.05, 3.63) is 52.8 Å². The summed E-state index contributed by atoms with van der Waals surface area (Å²) in [5, 5.41) is 2.63. The molecule has 0 spiro atoms. The van der Waals surface area contributed by atoms with E-state index >= 15 is 0 Å². The van der Waals surface area contributed by atoms with Crippen LogP contribution in [0.25, 0.3) is 0 Å². The van der Waals surface area contributed by atoms with E-state index in [1.807, 2.05) is 26.0 Å². The van der Waals surface area contributed by atoms with Crippen LogP contribution in [0.2, 0.25) is 0 Å². The Hall–Kier alpha value is -2.76. The van der Waals surface area contributed by atoms with Gasteiger partial charge in [-0.25, -0.2) is 9.97 Å². The van der Waals surface area contributed by atoms with E-state index in [1.165, 1.54) is 0 Å². The normalized spacial score (nSPS) is 16.7. The van der Waals surface area contributed by atoms with Crippen LogP contribution in [0.3, 0.4) is 0 Å². The quantitative estimate of drug-likeness (QED) is 0.940. The average Bonchev–Trinajstić information content (AvgIpc) is 2.54. The predicted octanol–water partition coefficient (Wildman–Crippen LogP) is 2.29. The maximum absolute atomic E-state index is 12.6. The number of benzene rings is 1. The molecule has 3 rings (SSSR count). The molecule has 2 amide bonds. The summed E-state index contributed by atoms with van der Waals surface area (Å²) in [7, 11) is 0. The number of amides is 2. The number of nitrogens with one attached hydrogen (secondary N) is 1. The van der Waals surface area contributed by atoms with Gasteiger partial charge >= 0.3 is 0 Å². The first kappa shape index (κ1) is 16.1. The molecule has 1 aromatic carbocycles. The van der Waals surface area contributed by atoms with Gasteiger partial charge in [-0.2, -0.15) is 0 Å². The monoisotopic (exact) mass is 324 g/mol. The molecule has 0 saturated heterocycles. The van der Waals surface area contributed by atoms with Gasteiger partial charge in [0.2, 0.25) is 11.9 Å². The SMILES string of the molecule is Cc1cnc(NC(=O)CN2C[C@H](C)c3cc(C)ccc3C2=O)nc1. The fourth-order valence-electron chi connectivity index (χ4n) is 2.90. The highest BCUT2D eigenvalue weighted by Crippen LogP contribution is 2.28. The summed E-state index contributed by atoms with van der Waals surface area (Å²) in [6.07, 6.45) is 3.27. The molecule has 2 aromatic rings. The summed E-state index contributed by atoms with van der Waals surface area (Å²) in [6, 6.07) is 5.82. The Morgan fingerprint density at radius 3 is 2.67 bits per heavy atom. The van der Waals surface area contributed by atoms with Gasteiger partial charge in [-0.1, -0.05) is 24.6 Å². The molecule has 0 aliphatic carbocycles. The van der Waals surface area contributed by atoms with Crippen LogP contribution in [0.4, 0.5) is 5.95 Å². The van der Waals surface area contributed by atoms with E-state index in [2.05, 4.69) is 28.3 Å². The highest BCUT2D eigenvalue weighted by atomic mass is 16.2. The first-order valence-corrected chi connectivity index (χ1v) is 7.92. The summed E-state index contributed by atoms with van der Waals surface area (Å²) in [5.74, 6) is 0.0400. The van der Waals surface area contributed by atoms with E-state index in [4.69, 9.17) is 0 Å². The molecule has 0 saturated carbocycles. The molecule has 24 heavy (non-hydrogen) atoms. The smallest absolute Gasteiger partial charge is 0.254 e. The standard InChI is InChI=1S/C18H20N4O2/c1-11-4-5-14-15(6-11)13(3)9-22(17(14)24)10-16(23)21-18-19-7-12(2)8-20-18/h4-8,13H,9-10H2,1-3H3,(H,19,20,21,23)/t13-/m0/s1. The Balaban J connectivity index is 1.71. The lowest BCUT2D eigenvalue weighted by Gasteiger charge is -2.32. The van der Waals surface area contributed by atoms with Gasteiger partial charge in [-0.15, -0.1) is 0 Å². The molecule has 0 bridgehead atoms. The molecule has 1 aliphatic rings. The number of carbonyl (C=O) groups is 2. The van der Waals surface area contributed by atoms with Gasteiger partial charge in [0.25, 0.3) is 5.91 Å². The number of carbonyl (C=O) groups excluding carboxylic acids is 2. The second-order valence-corrected chi connectivity index (χ2v) is 6.31. The molecule has 0 fully saturated rings. The summed E-state index contributed by atoms with van der Waals surface area (Å²) in [4.78, 5) is 34.5. The van der Waals surface area contributed by atoms with Crippen LogP contribution in [0.15, 0.2) is 30.6 Å². The van der Waals surface area contributed by atoms with Gasteiger partial charge in [-0.05, 0) is 37.0 Å². The molecule has 0 radical (unpaired) electrons. The minimum Gasteiger partial charge on any atom is -0.329 e. The number of rotatable bonds is 3. The van der Waals surface area contributed by atoms with Crippen LogP contribution in [0.5, 0.6) is 0 Å². The summed E-state index contributed by atoms with van der Waals surface area (Å²) < 4.78 is 0. The first-order chi connectivity index (χ1) is 11.4. The van der Waals surface area contributed by atoms with Gasteiger partial charge in [0.05, 0.1) is 0 Å². The van der Waals surface area contributed by atoms with Crippen LogP contribution in [-0.2, 0) is 4.79 Å². The lowest BCUT2D eigenvalue weighted by molar-refractivity contribution is -0.117. The maximum atomic E-state index is 12.6. The highest BCUT2D eigenvalue weighted by molar-refractivity contribution is 6.00. The fourth-order valence-corrected chi connectivity index (χ4v) is 2.90. The largest absolute Gasteiger partial charge is 0.329 e. The Labute approximate surface area is 140 Å². The van der Waals surface area contributed by atoms with Gasteiger partial charge in [0.1, 0.15) is 6.54 Å². The van der Waals surface area contributed by atoms with Crippen molar-refractivity contribution in [2.45, 2.75) is 26.7 Å². The van der Waals surface area contributed by atoms with Crippen molar-refractivity contribution >= 4 is 17.8 Å². The molecule has 124 valence electrons. The first-order valence-electron chi connectivity index (χ1n) is 7.92. The molecule has 6 nitrogen and oxygen atoms in total. The van der Waals surface area contributed by atoms with E-state index in [-0.39, 0.29) is 30.2 Å². The van der Waals surface area contributed by atoms with E-state index in [0.29, 0.717) is 12.1 Å². The summed E-state index contributed by atoms with van der Waals surface area (Å²) in [6.45, 7) is 6.47. The van der Waals surface area contributed by atoms with Gasteiger partial charge in [0, 0.05) is 24.5 Å². The van der Waals surface area contributed by atoms with Gasteiger partial charge < -0.3 is 4.90 Å². The lowest BCUT2D eigenvalue weighted by atomic mass is 9.89. The Bertz CT molecular complexity index is 786. The van der Waals surface area contributed by atoms with E-state index in [9.17, 15) is 9.59 Å². The average molecular weight is 324 g/mol. The Morgan fingerprint density at radius 2 is 1.96 bits per heavy atom. The fraction of sp³-hybridized carbons (Fsp3) is 0.333. The van der Waals surface area contributed by atoms with Crippen LogP contribution >= 0.6 is 0 Å². The van der Waals surface area contributed by atoms with Crippen molar-refractivity contribution in [1.82, 2.24) is 14.9 Å². The van der Waals surface area contributed by atoms with Gasteiger partial charge in [0.15, 0.2) is 0 Å². The Kier molecular flexibility index (Phi) is 4.29. The van der Waals surface area contributed by atoms with Crippen molar-refractivity contribution in [2.24, 2.45) is 0 Å². The van der Waals surface area contributed by atoms with Gasteiger partial charge in [-0.3, -0.25) is 14.9 Å². The minimum atomic E-state index is -0.296. The number of nitrogens with zero attached hydrogens (tertiary/aromatic N) is 3. The van der Waals surface area contributed by atoms with Crippen molar-refractivity contribution in [1.29, 1.82) is 0 Å². The maximum Gasteiger partial charge on any atom is 0.254 e.